The summed E-state index contributed by atoms with van der Waals surface area (Å²) in [6, 6.07) is 9.62. The van der Waals surface area contributed by atoms with Gasteiger partial charge in [0.1, 0.15) is 5.82 Å². The first-order valence-electron chi connectivity index (χ1n) is 6.71. The highest BCUT2D eigenvalue weighted by Crippen LogP contribution is 2.27. The summed E-state index contributed by atoms with van der Waals surface area (Å²) in [6.45, 7) is 2.99. The Morgan fingerprint density at radius 3 is 2.95 bits per heavy atom. The van der Waals surface area contributed by atoms with Gasteiger partial charge in [0.2, 0.25) is 0 Å². The molecular formula is C16H17N3O. The fraction of sp³-hybridized carbons (Fsp3) is 0.250. The largest absolute Gasteiger partial charge is 0.374 e. The van der Waals surface area contributed by atoms with Gasteiger partial charge in [0.15, 0.2) is 0 Å². The molecule has 0 spiro atoms. The van der Waals surface area contributed by atoms with Crippen LogP contribution in [0.2, 0.25) is 0 Å². The molecule has 1 N–H and O–H groups in total. The second kappa shape index (κ2) is 4.96. The molecule has 1 amide bonds. The van der Waals surface area contributed by atoms with Gasteiger partial charge in [-0.3, -0.25) is 4.79 Å². The fourth-order valence-electron chi connectivity index (χ4n) is 2.50. The summed E-state index contributed by atoms with van der Waals surface area (Å²) in [5.74, 6) is 0.480. The zero-order valence-corrected chi connectivity index (χ0v) is 11.7. The molecule has 102 valence electrons. The maximum Gasteiger partial charge on any atom is 0.256 e. The second-order valence-electron chi connectivity index (χ2n) is 5.19. The van der Waals surface area contributed by atoms with Crippen molar-refractivity contribution in [2.75, 3.05) is 23.8 Å². The van der Waals surface area contributed by atoms with E-state index in [1.807, 2.05) is 37.3 Å². The highest BCUT2D eigenvalue weighted by Gasteiger charge is 2.17. The monoisotopic (exact) mass is 267 g/mol. The number of nitrogens with zero attached hydrogens (tertiary/aromatic N) is 2. The Hall–Kier alpha value is -2.36. The number of carbonyl (C=O) groups excluding carboxylic acids is 1. The zero-order chi connectivity index (χ0) is 14.1. The maximum atomic E-state index is 12.2. The average molecular weight is 267 g/mol. The van der Waals surface area contributed by atoms with Crippen LogP contribution in [0.4, 0.5) is 11.5 Å². The lowest BCUT2D eigenvalue weighted by Crippen LogP contribution is -2.14. The third kappa shape index (κ3) is 2.37. The number of pyridine rings is 1. The molecule has 1 aliphatic heterocycles. The Labute approximate surface area is 118 Å². The number of anilines is 2. The van der Waals surface area contributed by atoms with E-state index in [4.69, 9.17) is 0 Å². The molecule has 20 heavy (non-hydrogen) atoms. The van der Waals surface area contributed by atoms with E-state index in [9.17, 15) is 4.79 Å². The summed E-state index contributed by atoms with van der Waals surface area (Å²) >= 11 is 0. The minimum atomic E-state index is -0.111. The zero-order valence-electron chi connectivity index (χ0n) is 11.7. The van der Waals surface area contributed by atoms with Gasteiger partial charge < -0.3 is 10.2 Å². The van der Waals surface area contributed by atoms with Crippen molar-refractivity contribution < 1.29 is 4.79 Å². The van der Waals surface area contributed by atoms with Crippen LogP contribution < -0.4 is 10.2 Å². The number of nitrogens with one attached hydrogen (secondary N) is 1. The number of fused-ring (bicyclic) bond motifs is 1. The summed E-state index contributed by atoms with van der Waals surface area (Å²) in [4.78, 5) is 18.6. The van der Waals surface area contributed by atoms with Crippen LogP contribution in [-0.2, 0) is 6.42 Å². The van der Waals surface area contributed by atoms with Gasteiger partial charge >= 0.3 is 0 Å². The van der Waals surface area contributed by atoms with E-state index in [2.05, 4.69) is 22.2 Å². The Morgan fingerprint density at radius 1 is 1.30 bits per heavy atom. The minimum absolute atomic E-state index is 0.111. The molecule has 0 radical (unpaired) electrons. The first-order chi connectivity index (χ1) is 9.63. The molecule has 2 heterocycles. The van der Waals surface area contributed by atoms with Gasteiger partial charge in [0.05, 0.1) is 0 Å². The lowest BCUT2D eigenvalue weighted by molar-refractivity contribution is 0.102. The fourth-order valence-corrected chi connectivity index (χ4v) is 2.50. The van der Waals surface area contributed by atoms with Crippen molar-refractivity contribution in [3.8, 4) is 0 Å². The molecule has 1 aromatic carbocycles. The summed E-state index contributed by atoms with van der Waals surface area (Å²) in [5.41, 5.74) is 4.21. The van der Waals surface area contributed by atoms with Gasteiger partial charge in [0, 0.05) is 31.0 Å². The van der Waals surface area contributed by atoms with Crippen molar-refractivity contribution in [2.24, 2.45) is 0 Å². The summed E-state index contributed by atoms with van der Waals surface area (Å²) in [5, 5.41) is 2.84. The quantitative estimate of drug-likeness (QED) is 0.909. The Bertz CT molecular complexity index is 667. The van der Waals surface area contributed by atoms with E-state index in [-0.39, 0.29) is 5.91 Å². The molecule has 0 saturated carbocycles. The van der Waals surface area contributed by atoms with Crippen molar-refractivity contribution in [3.63, 3.8) is 0 Å². The second-order valence-corrected chi connectivity index (χ2v) is 5.19. The third-order valence-corrected chi connectivity index (χ3v) is 3.63. The van der Waals surface area contributed by atoms with Gasteiger partial charge in [-0.25, -0.2) is 4.98 Å². The van der Waals surface area contributed by atoms with E-state index in [0.29, 0.717) is 11.4 Å². The molecule has 1 aliphatic rings. The van der Waals surface area contributed by atoms with Crippen LogP contribution >= 0.6 is 0 Å². The highest BCUT2D eigenvalue weighted by atomic mass is 16.1. The molecule has 0 bridgehead atoms. The number of aromatic nitrogens is 1. The predicted octanol–water partition coefficient (Wildman–Crippen LogP) is 2.63. The normalized spacial score (nSPS) is 13.2. The summed E-state index contributed by atoms with van der Waals surface area (Å²) in [7, 11) is 2.07. The van der Waals surface area contributed by atoms with Crippen LogP contribution in [0, 0.1) is 6.92 Å². The van der Waals surface area contributed by atoms with Crippen molar-refractivity contribution in [1.29, 1.82) is 0 Å². The smallest absolute Gasteiger partial charge is 0.256 e. The Morgan fingerprint density at radius 2 is 2.15 bits per heavy atom. The molecule has 0 saturated heterocycles. The lowest BCUT2D eigenvalue weighted by Gasteiger charge is -2.12. The molecular weight excluding hydrogens is 250 g/mol. The summed E-state index contributed by atoms with van der Waals surface area (Å²) < 4.78 is 0. The van der Waals surface area contributed by atoms with Crippen molar-refractivity contribution in [3.05, 3.63) is 53.2 Å². The maximum absolute atomic E-state index is 12.2. The number of carbonyl (C=O) groups is 1. The van der Waals surface area contributed by atoms with E-state index < -0.39 is 0 Å². The average Bonchev–Trinajstić information content (AvgIpc) is 2.80. The van der Waals surface area contributed by atoms with E-state index in [1.165, 1.54) is 11.3 Å². The molecule has 4 nitrogen and oxygen atoms in total. The number of rotatable bonds is 2. The van der Waals surface area contributed by atoms with E-state index in [0.717, 1.165) is 18.5 Å². The first-order valence-corrected chi connectivity index (χ1v) is 6.71. The van der Waals surface area contributed by atoms with E-state index in [1.54, 1.807) is 6.20 Å². The van der Waals surface area contributed by atoms with Crippen LogP contribution in [0.3, 0.4) is 0 Å². The van der Waals surface area contributed by atoms with Gasteiger partial charge in [-0.1, -0.05) is 0 Å². The number of amides is 1. The number of hydrogen-bond acceptors (Lipinski definition) is 3. The molecule has 4 heteroatoms. The topological polar surface area (TPSA) is 45.2 Å². The van der Waals surface area contributed by atoms with Gasteiger partial charge in [-0.05, 0) is 54.8 Å². The van der Waals surface area contributed by atoms with Crippen LogP contribution in [-0.4, -0.2) is 24.5 Å². The highest BCUT2D eigenvalue weighted by molar-refractivity contribution is 6.04. The molecule has 2 aromatic rings. The number of likely N-dealkylation sites (N-methyl/N-ethyl adjacent to an activating group) is 1. The number of aryl methyl sites for hydroxylation is 1. The third-order valence-electron chi connectivity index (χ3n) is 3.63. The molecule has 1 aromatic heterocycles. The first kappa shape index (κ1) is 12.7. The molecule has 0 atom stereocenters. The predicted molar refractivity (Wildman–Crippen MR) is 80.3 cm³/mol. The molecule has 0 unspecified atom stereocenters. The van der Waals surface area contributed by atoms with Crippen LogP contribution in [0.1, 0.15) is 21.5 Å². The summed E-state index contributed by atoms with van der Waals surface area (Å²) in [6.07, 6.45) is 2.69. The lowest BCUT2D eigenvalue weighted by atomic mass is 10.1. The van der Waals surface area contributed by atoms with Crippen LogP contribution in [0.15, 0.2) is 36.5 Å². The molecule has 3 rings (SSSR count). The minimum Gasteiger partial charge on any atom is -0.374 e. The van der Waals surface area contributed by atoms with E-state index >= 15 is 0 Å². The van der Waals surface area contributed by atoms with Gasteiger partial charge in [-0.2, -0.15) is 0 Å². The van der Waals surface area contributed by atoms with Crippen molar-refractivity contribution in [2.45, 2.75) is 13.3 Å². The molecule has 0 aliphatic carbocycles. The number of benzene rings is 1. The standard InChI is InChI=1S/C16H17N3O/c1-11-5-7-17-15(9-11)18-16(20)13-3-4-14-12(10-13)6-8-19(14)2/h3-5,7,9-10H,6,8H2,1-2H3,(H,17,18,20). The van der Waals surface area contributed by atoms with Gasteiger partial charge in [-0.15, -0.1) is 0 Å². The SMILES string of the molecule is Cc1ccnc(NC(=O)c2ccc3c(c2)CCN3C)c1. The Balaban J connectivity index is 1.81. The van der Waals surface area contributed by atoms with Crippen molar-refractivity contribution in [1.82, 2.24) is 4.98 Å². The van der Waals surface area contributed by atoms with Crippen LogP contribution in [0.25, 0.3) is 0 Å². The van der Waals surface area contributed by atoms with Crippen LogP contribution in [0.5, 0.6) is 0 Å². The van der Waals surface area contributed by atoms with Gasteiger partial charge in [0.25, 0.3) is 5.91 Å². The number of hydrogen-bond donors (Lipinski definition) is 1. The Kier molecular flexibility index (Phi) is 3.14. The molecule has 0 fully saturated rings. The van der Waals surface area contributed by atoms with Crippen molar-refractivity contribution >= 4 is 17.4 Å².